The smallest absolute Gasteiger partial charge is 0.243 e. The lowest BCUT2D eigenvalue weighted by atomic mass is 10.0. The normalized spacial score (nSPS) is 11.7. The molecule has 0 saturated carbocycles. The number of nitrogens with one attached hydrogen (secondary N) is 1. The van der Waals surface area contributed by atoms with Crippen LogP contribution in [0.4, 0.5) is 0 Å². The predicted molar refractivity (Wildman–Crippen MR) is 155 cm³/mol. The van der Waals surface area contributed by atoms with Crippen molar-refractivity contribution in [2.24, 2.45) is 0 Å². The molecule has 0 bridgehead atoms. The number of carbonyl (C=O) groups is 2. The van der Waals surface area contributed by atoms with Gasteiger partial charge in [-0.15, -0.1) is 11.8 Å². The maximum Gasteiger partial charge on any atom is 0.243 e. The lowest BCUT2D eigenvalue weighted by molar-refractivity contribution is -0.139. The second-order valence-electron chi connectivity index (χ2n) is 8.38. The number of thioether (sulfide) groups is 1. The Balaban J connectivity index is 1.84. The van der Waals surface area contributed by atoms with E-state index in [-0.39, 0.29) is 17.6 Å². The fourth-order valence-electron chi connectivity index (χ4n) is 3.72. The van der Waals surface area contributed by atoms with Crippen molar-refractivity contribution in [1.29, 1.82) is 0 Å². The van der Waals surface area contributed by atoms with Gasteiger partial charge >= 0.3 is 0 Å². The fourth-order valence-corrected chi connectivity index (χ4v) is 5.64. The van der Waals surface area contributed by atoms with Gasteiger partial charge < -0.3 is 10.2 Å². The number of halogens is 3. The van der Waals surface area contributed by atoms with Gasteiger partial charge in [0.05, 0.1) is 5.75 Å². The number of carbonyl (C=O) groups excluding carboxylic acids is 2. The van der Waals surface area contributed by atoms with Gasteiger partial charge in [-0.3, -0.25) is 9.59 Å². The Morgan fingerprint density at radius 3 is 2.44 bits per heavy atom. The minimum Gasteiger partial charge on any atom is -0.354 e. The first-order valence-corrected chi connectivity index (χ1v) is 14.4. The van der Waals surface area contributed by atoms with E-state index in [1.165, 1.54) is 11.8 Å². The minimum atomic E-state index is -0.634. The Hall–Kier alpha value is -1.99. The topological polar surface area (TPSA) is 49.4 Å². The van der Waals surface area contributed by atoms with Crippen molar-refractivity contribution in [1.82, 2.24) is 10.2 Å². The first-order valence-electron chi connectivity index (χ1n) is 11.7. The molecule has 3 aromatic rings. The van der Waals surface area contributed by atoms with Gasteiger partial charge in [0.25, 0.3) is 0 Å². The molecule has 0 aromatic heterocycles. The molecule has 1 atom stereocenters. The number of nitrogens with zero attached hydrogens (tertiary/aromatic N) is 1. The van der Waals surface area contributed by atoms with Crippen molar-refractivity contribution in [3.8, 4) is 0 Å². The predicted octanol–water partition coefficient (Wildman–Crippen LogP) is 7.16. The largest absolute Gasteiger partial charge is 0.354 e. The highest BCUT2D eigenvalue weighted by atomic mass is 79.9. The Labute approximate surface area is 235 Å². The van der Waals surface area contributed by atoms with Gasteiger partial charge in [-0.1, -0.05) is 94.6 Å². The van der Waals surface area contributed by atoms with Gasteiger partial charge in [-0.05, 0) is 47.4 Å². The van der Waals surface area contributed by atoms with E-state index in [1.54, 1.807) is 17.0 Å². The molecule has 0 heterocycles. The average molecular weight is 608 g/mol. The summed E-state index contributed by atoms with van der Waals surface area (Å²) in [7, 11) is 0. The van der Waals surface area contributed by atoms with E-state index in [0.29, 0.717) is 35.3 Å². The Morgan fingerprint density at radius 2 is 1.75 bits per heavy atom. The maximum atomic E-state index is 13.6. The van der Waals surface area contributed by atoms with Crippen LogP contribution in [0.1, 0.15) is 30.0 Å². The zero-order valence-electron chi connectivity index (χ0n) is 20.1. The quantitative estimate of drug-likeness (QED) is 0.238. The molecule has 0 spiro atoms. The van der Waals surface area contributed by atoms with Crippen molar-refractivity contribution >= 4 is 62.7 Å². The summed E-state index contributed by atoms with van der Waals surface area (Å²) >= 11 is 17.3. The molecular formula is C28H29BrCl2N2O2S. The van der Waals surface area contributed by atoms with Crippen LogP contribution in [0.15, 0.2) is 77.3 Å². The van der Waals surface area contributed by atoms with Crippen molar-refractivity contribution in [2.45, 2.75) is 38.1 Å². The zero-order chi connectivity index (χ0) is 25.9. The zero-order valence-corrected chi connectivity index (χ0v) is 24.0. The van der Waals surface area contributed by atoms with Crippen LogP contribution in [0, 0.1) is 0 Å². The molecule has 0 unspecified atom stereocenters. The lowest BCUT2D eigenvalue weighted by Crippen LogP contribution is -2.51. The lowest BCUT2D eigenvalue weighted by Gasteiger charge is -2.31. The molecule has 0 radical (unpaired) electrons. The van der Waals surface area contributed by atoms with E-state index < -0.39 is 6.04 Å². The van der Waals surface area contributed by atoms with Crippen molar-refractivity contribution in [3.05, 3.63) is 104 Å². The van der Waals surface area contributed by atoms with Gasteiger partial charge in [0.2, 0.25) is 11.8 Å². The third-order valence-electron chi connectivity index (χ3n) is 5.56. The summed E-state index contributed by atoms with van der Waals surface area (Å²) in [6.45, 7) is 2.90. The number of rotatable bonds is 12. The van der Waals surface area contributed by atoms with Gasteiger partial charge in [0.1, 0.15) is 6.04 Å². The highest BCUT2D eigenvalue weighted by molar-refractivity contribution is 9.10. The fraction of sp³-hybridized carbons (Fsp3) is 0.286. The molecule has 1 N–H and O–H groups in total. The van der Waals surface area contributed by atoms with Gasteiger partial charge in [-0.25, -0.2) is 0 Å². The second kappa shape index (κ2) is 14.7. The van der Waals surface area contributed by atoms with Crippen molar-refractivity contribution in [2.75, 3.05) is 12.3 Å². The molecule has 8 heteroatoms. The molecular weight excluding hydrogens is 579 g/mol. The third-order valence-corrected chi connectivity index (χ3v) is 7.61. The number of benzene rings is 3. The second-order valence-corrected chi connectivity index (χ2v) is 11.1. The first kappa shape index (κ1) is 28.6. The Kier molecular flexibility index (Phi) is 11.6. The van der Waals surface area contributed by atoms with Crippen molar-refractivity contribution in [3.63, 3.8) is 0 Å². The molecule has 0 saturated heterocycles. The number of amides is 2. The van der Waals surface area contributed by atoms with Crippen LogP contribution in [0.2, 0.25) is 10.0 Å². The summed E-state index contributed by atoms with van der Waals surface area (Å²) < 4.78 is 0.925. The first-order chi connectivity index (χ1) is 17.4. The summed E-state index contributed by atoms with van der Waals surface area (Å²) in [6, 6.07) is 22.4. The molecule has 190 valence electrons. The van der Waals surface area contributed by atoms with Crippen molar-refractivity contribution < 1.29 is 9.59 Å². The van der Waals surface area contributed by atoms with Gasteiger partial charge in [-0.2, -0.15) is 0 Å². The molecule has 36 heavy (non-hydrogen) atoms. The van der Waals surface area contributed by atoms with Crippen LogP contribution in [0.5, 0.6) is 0 Å². The molecule has 0 fully saturated rings. The van der Waals surface area contributed by atoms with E-state index in [2.05, 4.69) is 21.2 Å². The SMILES string of the molecule is CCCNC(=O)[C@H](Cc1ccccc1)N(Cc1cccc(Br)c1)C(=O)CSCc1ccc(Cl)cc1Cl. The highest BCUT2D eigenvalue weighted by Gasteiger charge is 2.30. The molecule has 3 rings (SSSR count). The molecule has 3 aromatic carbocycles. The summed E-state index contributed by atoms with van der Waals surface area (Å²) in [5, 5.41) is 4.15. The van der Waals surface area contributed by atoms with E-state index >= 15 is 0 Å². The Bertz CT molecular complexity index is 1160. The van der Waals surface area contributed by atoms with Crippen LogP contribution in [-0.2, 0) is 28.3 Å². The third kappa shape index (κ3) is 8.84. The summed E-state index contributed by atoms with van der Waals surface area (Å²) in [4.78, 5) is 28.7. The van der Waals surface area contributed by atoms with Gasteiger partial charge in [0.15, 0.2) is 0 Å². The van der Waals surface area contributed by atoms with Crippen LogP contribution in [0.25, 0.3) is 0 Å². The molecule has 0 aliphatic heterocycles. The van der Waals surface area contributed by atoms with Crippen LogP contribution >= 0.6 is 50.9 Å². The average Bonchev–Trinajstić information content (AvgIpc) is 2.86. The van der Waals surface area contributed by atoms with Gasteiger partial charge in [0, 0.05) is 39.8 Å². The van der Waals surface area contributed by atoms with E-state index in [4.69, 9.17) is 23.2 Å². The van der Waals surface area contributed by atoms with E-state index in [1.807, 2.05) is 67.6 Å². The van der Waals surface area contributed by atoms with Crippen LogP contribution < -0.4 is 5.32 Å². The molecule has 2 amide bonds. The monoisotopic (exact) mass is 606 g/mol. The Morgan fingerprint density at radius 1 is 1.00 bits per heavy atom. The number of hydrogen-bond acceptors (Lipinski definition) is 3. The summed E-state index contributed by atoms with van der Waals surface area (Å²) in [5.41, 5.74) is 2.87. The maximum absolute atomic E-state index is 13.6. The number of hydrogen-bond donors (Lipinski definition) is 1. The summed E-state index contributed by atoms with van der Waals surface area (Å²) in [6.07, 6.45) is 1.25. The van der Waals surface area contributed by atoms with Crippen LogP contribution in [0.3, 0.4) is 0 Å². The highest BCUT2D eigenvalue weighted by Crippen LogP contribution is 2.25. The molecule has 0 aliphatic carbocycles. The van der Waals surface area contributed by atoms with Crippen LogP contribution in [-0.4, -0.2) is 35.1 Å². The van der Waals surface area contributed by atoms with E-state index in [0.717, 1.165) is 27.6 Å². The standard InChI is InChI=1S/C28H29BrCl2N2O2S/c1-2-13-32-28(35)26(15-20-7-4-3-5-8-20)33(17-21-9-6-10-23(29)14-21)27(34)19-36-18-22-11-12-24(30)16-25(22)31/h3-12,14,16,26H,2,13,15,17-19H2,1H3,(H,32,35)/t26-/m0/s1. The van der Waals surface area contributed by atoms with E-state index in [9.17, 15) is 9.59 Å². The summed E-state index contributed by atoms with van der Waals surface area (Å²) in [5.74, 6) is 0.546. The minimum absolute atomic E-state index is 0.0994. The molecule has 4 nitrogen and oxygen atoms in total. The molecule has 0 aliphatic rings.